The Labute approximate surface area is 158 Å². The van der Waals surface area contributed by atoms with Crippen molar-refractivity contribution in [2.45, 2.75) is 64.7 Å². The number of nitrogens with one attached hydrogen (secondary N) is 1. The summed E-state index contributed by atoms with van der Waals surface area (Å²) in [4.78, 5) is 6.85. The Morgan fingerprint density at radius 1 is 1.26 bits per heavy atom. The molecule has 1 saturated heterocycles. The highest BCUT2D eigenvalue weighted by Crippen LogP contribution is 2.51. The molecule has 0 aromatic heterocycles. The van der Waals surface area contributed by atoms with E-state index in [1.807, 2.05) is 14.2 Å². The molecule has 1 aliphatic carbocycles. The normalized spacial score (nSPS) is 31.3. The smallest absolute Gasteiger partial charge is 0.193 e. The zero-order chi connectivity index (χ0) is 16.4. The third-order valence-corrected chi connectivity index (χ3v) is 5.94. The minimum atomic E-state index is -0.0501. The topological polar surface area (TPSA) is 46.1 Å². The van der Waals surface area contributed by atoms with Gasteiger partial charge in [0.15, 0.2) is 5.96 Å². The highest BCUT2D eigenvalue weighted by Gasteiger charge is 2.58. The molecule has 1 heterocycles. The highest BCUT2D eigenvalue weighted by atomic mass is 127. The van der Waals surface area contributed by atoms with Crippen molar-refractivity contribution in [3.05, 3.63) is 0 Å². The molecule has 2 unspecified atom stereocenters. The summed E-state index contributed by atoms with van der Waals surface area (Å²) in [5, 5.41) is 3.65. The fourth-order valence-corrected chi connectivity index (χ4v) is 3.65. The van der Waals surface area contributed by atoms with Crippen LogP contribution in [0.3, 0.4) is 0 Å². The maximum atomic E-state index is 5.73. The van der Waals surface area contributed by atoms with E-state index in [1.165, 1.54) is 0 Å². The molecule has 6 heteroatoms. The summed E-state index contributed by atoms with van der Waals surface area (Å²) in [6.07, 6.45) is 3.60. The molecule has 0 radical (unpaired) electrons. The van der Waals surface area contributed by atoms with Crippen LogP contribution in [0.1, 0.15) is 47.0 Å². The van der Waals surface area contributed by atoms with Crippen molar-refractivity contribution in [3.8, 4) is 0 Å². The van der Waals surface area contributed by atoms with E-state index >= 15 is 0 Å². The van der Waals surface area contributed by atoms with E-state index in [4.69, 9.17) is 9.47 Å². The maximum Gasteiger partial charge on any atom is 0.193 e. The van der Waals surface area contributed by atoms with Crippen LogP contribution in [-0.2, 0) is 9.47 Å². The van der Waals surface area contributed by atoms with Crippen LogP contribution in [0.4, 0.5) is 0 Å². The van der Waals surface area contributed by atoms with E-state index in [0.29, 0.717) is 12.1 Å². The maximum absolute atomic E-state index is 5.73. The Balaban J connectivity index is 0.00000264. The lowest BCUT2D eigenvalue weighted by molar-refractivity contribution is -0.177. The molecule has 0 bridgehead atoms. The number of piperidine rings is 1. The van der Waals surface area contributed by atoms with Gasteiger partial charge in [0.2, 0.25) is 0 Å². The molecule has 0 aromatic rings. The molecule has 0 aromatic carbocycles. The number of rotatable bonds is 4. The van der Waals surface area contributed by atoms with Gasteiger partial charge in [0.25, 0.3) is 0 Å². The van der Waals surface area contributed by atoms with Gasteiger partial charge in [-0.3, -0.25) is 4.99 Å². The molecule has 1 saturated carbocycles. The Kier molecular flexibility index (Phi) is 7.60. The van der Waals surface area contributed by atoms with Gasteiger partial charge in [-0.2, -0.15) is 0 Å². The summed E-state index contributed by atoms with van der Waals surface area (Å²) in [7, 11) is 3.68. The quantitative estimate of drug-likeness (QED) is 0.416. The fraction of sp³-hybridized carbons (Fsp3) is 0.941. The van der Waals surface area contributed by atoms with Gasteiger partial charge >= 0.3 is 0 Å². The van der Waals surface area contributed by atoms with E-state index < -0.39 is 0 Å². The summed E-state index contributed by atoms with van der Waals surface area (Å²) < 4.78 is 11.4. The van der Waals surface area contributed by atoms with E-state index in [2.05, 4.69) is 42.9 Å². The fourth-order valence-electron chi connectivity index (χ4n) is 3.65. The van der Waals surface area contributed by atoms with Crippen LogP contribution in [0.15, 0.2) is 4.99 Å². The predicted molar refractivity (Wildman–Crippen MR) is 106 cm³/mol. The Morgan fingerprint density at radius 3 is 2.30 bits per heavy atom. The van der Waals surface area contributed by atoms with E-state index in [-0.39, 0.29) is 35.0 Å². The lowest BCUT2D eigenvalue weighted by Gasteiger charge is -2.59. The highest BCUT2D eigenvalue weighted by molar-refractivity contribution is 14.0. The molecule has 2 fully saturated rings. The summed E-state index contributed by atoms with van der Waals surface area (Å²) in [5.74, 6) is 1.02. The number of hydrogen-bond acceptors (Lipinski definition) is 3. The molecule has 1 aliphatic heterocycles. The van der Waals surface area contributed by atoms with Crippen molar-refractivity contribution >= 4 is 29.9 Å². The summed E-state index contributed by atoms with van der Waals surface area (Å²) in [6.45, 7) is 11.6. The first-order chi connectivity index (χ1) is 10.4. The molecule has 2 rings (SSSR count). The summed E-state index contributed by atoms with van der Waals surface area (Å²) in [6, 6.07) is 0.403. The number of aliphatic imine (C=N–C) groups is 1. The molecule has 5 nitrogen and oxygen atoms in total. The number of halogens is 1. The monoisotopic (exact) mass is 439 g/mol. The van der Waals surface area contributed by atoms with Crippen LogP contribution in [0.2, 0.25) is 0 Å². The number of hydrogen-bond donors (Lipinski definition) is 1. The van der Waals surface area contributed by atoms with Crippen molar-refractivity contribution < 1.29 is 9.47 Å². The van der Waals surface area contributed by atoms with Gasteiger partial charge in [0, 0.05) is 45.3 Å². The number of ether oxygens (including phenoxy) is 2. The summed E-state index contributed by atoms with van der Waals surface area (Å²) >= 11 is 0. The molecule has 2 atom stereocenters. The van der Waals surface area contributed by atoms with Gasteiger partial charge < -0.3 is 19.7 Å². The lowest BCUT2D eigenvalue weighted by atomic mass is 9.56. The third kappa shape index (κ3) is 4.12. The van der Waals surface area contributed by atoms with Crippen LogP contribution < -0.4 is 5.32 Å². The van der Waals surface area contributed by atoms with Crippen molar-refractivity contribution in [3.63, 3.8) is 0 Å². The molecule has 0 spiro atoms. The van der Waals surface area contributed by atoms with Crippen LogP contribution in [-0.4, -0.2) is 62.5 Å². The second kappa shape index (κ2) is 8.34. The van der Waals surface area contributed by atoms with Crippen LogP contribution in [0.5, 0.6) is 0 Å². The third-order valence-electron chi connectivity index (χ3n) is 5.94. The van der Waals surface area contributed by atoms with Crippen molar-refractivity contribution in [2.24, 2.45) is 10.4 Å². The number of nitrogens with zero attached hydrogens (tertiary/aromatic N) is 2. The minimum Gasteiger partial charge on any atom is -0.378 e. The van der Waals surface area contributed by atoms with E-state index in [1.54, 1.807) is 0 Å². The van der Waals surface area contributed by atoms with E-state index in [9.17, 15) is 0 Å². The number of likely N-dealkylation sites (tertiary alicyclic amines) is 1. The van der Waals surface area contributed by atoms with Crippen molar-refractivity contribution in [1.29, 1.82) is 0 Å². The molecule has 0 amide bonds. The van der Waals surface area contributed by atoms with Gasteiger partial charge in [-0.25, -0.2) is 0 Å². The lowest BCUT2D eigenvalue weighted by Crippen LogP contribution is -2.69. The second-order valence-electron chi connectivity index (χ2n) is 7.25. The Hall–Kier alpha value is -0.0800. The van der Waals surface area contributed by atoms with Crippen LogP contribution in [0.25, 0.3) is 0 Å². The van der Waals surface area contributed by atoms with Gasteiger partial charge in [-0.1, -0.05) is 13.8 Å². The second-order valence-corrected chi connectivity index (χ2v) is 7.25. The standard InChI is InChI=1S/C17H33N3O2.HI/c1-7-22-13-8-10-20(11-9-13)15(18-5)19-14-12-17(4,21-6)16(14,2)3;/h13-14H,7-12H2,1-6H3,(H,18,19);1H. The van der Waals surface area contributed by atoms with Gasteiger partial charge in [0.05, 0.1) is 11.7 Å². The van der Waals surface area contributed by atoms with E-state index in [0.717, 1.165) is 44.9 Å². The predicted octanol–water partition coefficient (Wildman–Crippen LogP) is 2.88. The van der Waals surface area contributed by atoms with Crippen molar-refractivity contribution in [2.75, 3.05) is 33.9 Å². The first-order valence-electron chi connectivity index (χ1n) is 8.53. The zero-order valence-corrected chi connectivity index (χ0v) is 17.8. The molecule has 1 N–H and O–H groups in total. The first-order valence-corrected chi connectivity index (χ1v) is 8.53. The van der Waals surface area contributed by atoms with Gasteiger partial charge in [-0.05, 0) is 33.1 Å². The molecule has 23 heavy (non-hydrogen) atoms. The van der Waals surface area contributed by atoms with Crippen LogP contribution >= 0.6 is 24.0 Å². The molecular formula is C17H34IN3O2. The number of methoxy groups -OCH3 is 1. The Bertz CT molecular complexity index is 409. The van der Waals surface area contributed by atoms with Gasteiger partial charge in [0.1, 0.15) is 0 Å². The molecule has 2 aliphatic rings. The number of guanidine groups is 1. The SMILES string of the molecule is CCOC1CCN(C(=NC)NC2CC(C)(OC)C2(C)C)CC1.I. The first kappa shape index (κ1) is 21.0. The van der Waals surface area contributed by atoms with Gasteiger partial charge in [-0.15, -0.1) is 24.0 Å². The molecular weight excluding hydrogens is 405 g/mol. The minimum absolute atomic E-state index is 0. The van der Waals surface area contributed by atoms with Crippen molar-refractivity contribution in [1.82, 2.24) is 10.2 Å². The Morgan fingerprint density at radius 2 is 1.87 bits per heavy atom. The zero-order valence-electron chi connectivity index (χ0n) is 15.5. The summed E-state index contributed by atoms with van der Waals surface area (Å²) in [5.41, 5.74) is 0.0484. The molecule has 136 valence electrons. The average Bonchev–Trinajstić information content (AvgIpc) is 2.52. The average molecular weight is 439 g/mol. The van der Waals surface area contributed by atoms with Crippen LogP contribution in [0, 0.1) is 5.41 Å². The largest absolute Gasteiger partial charge is 0.378 e.